The molecule has 11 heavy (non-hydrogen) atoms. The molecule has 0 bridgehead atoms. The summed E-state index contributed by atoms with van der Waals surface area (Å²) in [6.45, 7) is 2.26. The van der Waals surface area contributed by atoms with E-state index in [9.17, 15) is 0 Å². The van der Waals surface area contributed by atoms with Crippen molar-refractivity contribution in [1.82, 2.24) is 9.55 Å². The SMILES string of the molecule is C[C@@H](C1CCC1)n1c[c]nc1. The average Bonchev–Trinajstić information content (AvgIpc) is 2.32. The number of aromatic nitrogens is 2. The number of nitrogens with zero attached hydrogens (tertiary/aromatic N) is 2. The zero-order valence-corrected chi connectivity index (χ0v) is 6.83. The van der Waals surface area contributed by atoms with Gasteiger partial charge in [-0.25, -0.2) is 4.98 Å². The minimum atomic E-state index is 0.627. The standard InChI is InChI=1S/C9H13N2/c1-8(9-3-2-4-9)11-6-5-10-7-11/h6-9H,2-4H2,1H3/t8-/m0/s1. The van der Waals surface area contributed by atoms with Crippen LogP contribution in [-0.2, 0) is 0 Å². The molecule has 0 aromatic carbocycles. The molecule has 0 N–H and O–H groups in total. The van der Waals surface area contributed by atoms with Crippen LogP contribution in [0.15, 0.2) is 12.5 Å². The molecule has 1 atom stereocenters. The monoisotopic (exact) mass is 149 g/mol. The van der Waals surface area contributed by atoms with Crippen LogP contribution in [0, 0.1) is 12.1 Å². The highest BCUT2D eigenvalue weighted by atomic mass is 15.0. The van der Waals surface area contributed by atoms with Gasteiger partial charge in [-0.1, -0.05) is 6.42 Å². The summed E-state index contributed by atoms with van der Waals surface area (Å²) < 4.78 is 2.16. The molecule has 0 saturated heterocycles. The normalized spacial score (nSPS) is 21.2. The summed E-state index contributed by atoms with van der Waals surface area (Å²) in [7, 11) is 0. The van der Waals surface area contributed by atoms with Crippen molar-refractivity contribution >= 4 is 0 Å². The lowest BCUT2D eigenvalue weighted by molar-refractivity contribution is 0.222. The number of hydrogen-bond acceptors (Lipinski definition) is 1. The Morgan fingerprint density at radius 3 is 2.91 bits per heavy atom. The molecule has 1 aliphatic carbocycles. The van der Waals surface area contributed by atoms with E-state index >= 15 is 0 Å². The molecule has 0 aliphatic heterocycles. The summed E-state index contributed by atoms with van der Waals surface area (Å²) in [4.78, 5) is 3.92. The van der Waals surface area contributed by atoms with Crippen molar-refractivity contribution in [2.75, 3.05) is 0 Å². The van der Waals surface area contributed by atoms with Gasteiger partial charge in [0, 0.05) is 12.2 Å². The Bertz CT molecular complexity index is 211. The van der Waals surface area contributed by atoms with Gasteiger partial charge in [-0.2, -0.15) is 0 Å². The summed E-state index contributed by atoms with van der Waals surface area (Å²) in [5.41, 5.74) is 0. The minimum Gasteiger partial charge on any atom is -0.334 e. The smallest absolute Gasteiger partial charge is 0.108 e. The van der Waals surface area contributed by atoms with E-state index in [0.717, 1.165) is 5.92 Å². The van der Waals surface area contributed by atoms with Crippen LogP contribution in [0.1, 0.15) is 32.2 Å². The third kappa shape index (κ3) is 1.17. The second-order valence-electron chi connectivity index (χ2n) is 3.38. The lowest BCUT2D eigenvalue weighted by Gasteiger charge is -2.31. The summed E-state index contributed by atoms with van der Waals surface area (Å²) in [6.07, 6.45) is 10.8. The first-order chi connectivity index (χ1) is 5.38. The Kier molecular flexibility index (Phi) is 1.68. The summed E-state index contributed by atoms with van der Waals surface area (Å²) in [5.74, 6) is 0.887. The highest BCUT2D eigenvalue weighted by molar-refractivity contribution is 4.84. The number of hydrogen-bond donors (Lipinski definition) is 0. The van der Waals surface area contributed by atoms with E-state index in [-0.39, 0.29) is 0 Å². The molecule has 2 nitrogen and oxygen atoms in total. The van der Waals surface area contributed by atoms with Crippen LogP contribution in [0.25, 0.3) is 0 Å². The first-order valence-electron chi connectivity index (χ1n) is 4.27. The van der Waals surface area contributed by atoms with Crippen LogP contribution >= 0.6 is 0 Å². The van der Waals surface area contributed by atoms with Gasteiger partial charge < -0.3 is 4.57 Å². The Labute approximate surface area is 67.3 Å². The van der Waals surface area contributed by atoms with Crippen molar-refractivity contribution in [3.8, 4) is 0 Å². The Balaban J connectivity index is 2.04. The molecular weight excluding hydrogens is 136 g/mol. The maximum Gasteiger partial charge on any atom is 0.108 e. The number of rotatable bonds is 2. The molecule has 1 radical (unpaired) electrons. The first-order valence-corrected chi connectivity index (χ1v) is 4.27. The van der Waals surface area contributed by atoms with Gasteiger partial charge in [0.2, 0.25) is 0 Å². The van der Waals surface area contributed by atoms with Gasteiger partial charge >= 0.3 is 0 Å². The third-order valence-corrected chi connectivity index (χ3v) is 2.77. The summed E-state index contributed by atoms with van der Waals surface area (Å²) in [5, 5.41) is 0. The molecule has 1 aliphatic rings. The third-order valence-electron chi connectivity index (χ3n) is 2.77. The molecule has 59 valence electrons. The van der Waals surface area contributed by atoms with E-state index in [1.54, 1.807) is 0 Å². The Morgan fingerprint density at radius 1 is 1.64 bits per heavy atom. The van der Waals surface area contributed by atoms with Crippen LogP contribution < -0.4 is 0 Å². The van der Waals surface area contributed by atoms with Gasteiger partial charge in [-0.05, 0) is 25.7 Å². The predicted octanol–water partition coefficient (Wildman–Crippen LogP) is 2.04. The molecule has 1 aromatic heterocycles. The Hall–Kier alpha value is -0.790. The van der Waals surface area contributed by atoms with Crippen molar-refractivity contribution in [1.29, 1.82) is 0 Å². The van der Waals surface area contributed by atoms with Crippen molar-refractivity contribution in [2.45, 2.75) is 32.2 Å². The van der Waals surface area contributed by atoms with E-state index in [1.165, 1.54) is 19.3 Å². The summed E-state index contributed by atoms with van der Waals surface area (Å²) in [6, 6.07) is 0.627. The quantitative estimate of drug-likeness (QED) is 0.629. The lowest BCUT2D eigenvalue weighted by atomic mass is 9.80. The molecule has 0 spiro atoms. The molecule has 2 rings (SSSR count). The highest BCUT2D eigenvalue weighted by Gasteiger charge is 2.24. The van der Waals surface area contributed by atoms with Gasteiger partial charge in [0.05, 0.1) is 6.33 Å². The van der Waals surface area contributed by atoms with Crippen LogP contribution in [-0.4, -0.2) is 9.55 Å². The molecule has 2 heteroatoms. The Morgan fingerprint density at radius 2 is 2.45 bits per heavy atom. The maximum atomic E-state index is 3.92. The van der Waals surface area contributed by atoms with E-state index in [1.807, 2.05) is 12.5 Å². The molecule has 1 fully saturated rings. The molecule has 1 heterocycles. The van der Waals surface area contributed by atoms with Crippen LogP contribution in [0.2, 0.25) is 0 Å². The molecule has 0 unspecified atom stereocenters. The fraction of sp³-hybridized carbons (Fsp3) is 0.667. The molecular formula is C9H13N2. The van der Waals surface area contributed by atoms with E-state index in [2.05, 4.69) is 22.7 Å². The predicted molar refractivity (Wildman–Crippen MR) is 43.1 cm³/mol. The second-order valence-corrected chi connectivity index (χ2v) is 3.38. The zero-order chi connectivity index (χ0) is 7.68. The highest BCUT2D eigenvalue weighted by Crippen LogP contribution is 2.35. The van der Waals surface area contributed by atoms with E-state index in [4.69, 9.17) is 0 Å². The largest absolute Gasteiger partial charge is 0.334 e. The fourth-order valence-electron chi connectivity index (χ4n) is 1.62. The topological polar surface area (TPSA) is 17.8 Å². The minimum absolute atomic E-state index is 0.627. The van der Waals surface area contributed by atoms with Gasteiger partial charge in [0.25, 0.3) is 0 Å². The van der Waals surface area contributed by atoms with Gasteiger partial charge in [-0.15, -0.1) is 0 Å². The van der Waals surface area contributed by atoms with Crippen molar-refractivity contribution in [3.63, 3.8) is 0 Å². The average molecular weight is 149 g/mol. The van der Waals surface area contributed by atoms with Crippen molar-refractivity contribution in [2.24, 2.45) is 5.92 Å². The zero-order valence-electron chi connectivity index (χ0n) is 6.83. The molecule has 0 amide bonds. The van der Waals surface area contributed by atoms with Gasteiger partial charge in [0.1, 0.15) is 6.20 Å². The van der Waals surface area contributed by atoms with Crippen LogP contribution in [0.4, 0.5) is 0 Å². The lowest BCUT2D eigenvalue weighted by Crippen LogP contribution is -2.21. The van der Waals surface area contributed by atoms with Crippen LogP contribution in [0.3, 0.4) is 0 Å². The van der Waals surface area contributed by atoms with E-state index < -0.39 is 0 Å². The molecule has 1 aromatic rings. The van der Waals surface area contributed by atoms with Gasteiger partial charge in [0.15, 0.2) is 0 Å². The second kappa shape index (κ2) is 2.68. The van der Waals surface area contributed by atoms with Crippen molar-refractivity contribution < 1.29 is 0 Å². The molecule has 1 saturated carbocycles. The summed E-state index contributed by atoms with van der Waals surface area (Å²) >= 11 is 0. The first kappa shape index (κ1) is 6.89. The fourth-order valence-corrected chi connectivity index (χ4v) is 1.62. The van der Waals surface area contributed by atoms with Crippen molar-refractivity contribution in [3.05, 3.63) is 18.7 Å². The number of imidazole rings is 1. The van der Waals surface area contributed by atoms with Gasteiger partial charge in [-0.3, -0.25) is 0 Å². The van der Waals surface area contributed by atoms with Crippen LogP contribution in [0.5, 0.6) is 0 Å². The maximum absolute atomic E-state index is 3.92. The van der Waals surface area contributed by atoms with E-state index in [0.29, 0.717) is 6.04 Å².